The van der Waals surface area contributed by atoms with Gasteiger partial charge in [-0.2, -0.15) is 0 Å². The Labute approximate surface area is 114 Å². The van der Waals surface area contributed by atoms with Crippen molar-refractivity contribution >= 4 is 23.1 Å². The van der Waals surface area contributed by atoms with Crippen molar-refractivity contribution < 1.29 is 13.6 Å². The average molecular weight is 277 g/mol. The summed E-state index contributed by atoms with van der Waals surface area (Å²) in [6.07, 6.45) is 0. The lowest BCUT2D eigenvalue weighted by Gasteiger charge is -2.09. The van der Waals surface area contributed by atoms with Crippen molar-refractivity contribution in [2.75, 3.05) is 16.4 Å². The molecule has 0 saturated carbocycles. The highest BCUT2D eigenvalue weighted by atomic mass is 19.2. The Bertz CT molecular complexity index is 603. The highest BCUT2D eigenvalue weighted by molar-refractivity contribution is 6.00. The molecule has 0 fully saturated rings. The first kappa shape index (κ1) is 13.8. The van der Waals surface area contributed by atoms with Crippen molar-refractivity contribution in [3.8, 4) is 0 Å². The molecule has 0 aliphatic carbocycles. The Kier molecular flexibility index (Phi) is 3.84. The molecular weight excluding hydrogens is 264 g/mol. The number of nitrogens with one attached hydrogen (secondary N) is 2. The predicted octanol–water partition coefficient (Wildman–Crippen LogP) is 3.50. The van der Waals surface area contributed by atoms with Crippen LogP contribution in [0.5, 0.6) is 0 Å². The van der Waals surface area contributed by atoms with E-state index in [0.29, 0.717) is 11.4 Å². The molecule has 2 aromatic carbocycles. The van der Waals surface area contributed by atoms with Crippen molar-refractivity contribution in [3.63, 3.8) is 0 Å². The second kappa shape index (κ2) is 5.56. The summed E-state index contributed by atoms with van der Waals surface area (Å²) in [5, 5.41) is 4.94. The summed E-state index contributed by atoms with van der Waals surface area (Å²) in [7, 11) is 0. The Balaban J connectivity index is 2.04. The highest BCUT2D eigenvalue weighted by Crippen LogP contribution is 2.18. The van der Waals surface area contributed by atoms with Crippen LogP contribution >= 0.6 is 0 Å². The molecule has 0 unspecified atom stereocenters. The van der Waals surface area contributed by atoms with Crippen molar-refractivity contribution in [2.45, 2.75) is 6.92 Å². The summed E-state index contributed by atoms with van der Waals surface area (Å²) < 4.78 is 25.7. The molecule has 104 valence electrons. The lowest BCUT2D eigenvalue weighted by atomic mass is 10.2. The third kappa shape index (κ3) is 3.23. The fourth-order valence-electron chi connectivity index (χ4n) is 1.59. The van der Waals surface area contributed by atoms with Crippen LogP contribution < -0.4 is 16.4 Å². The van der Waals surface area contributed by atoms with E-state index < -0.39 is 17.7 Å². The summed E-state index contributed by atoms with van der Waals surface area (Å²) in [5.41, 5.74) is 7.84. The molecule has 6 heteroatoms. The molecule has 0 aromatic heterocycles. The maximum Gasteiger partial charge on any atom is 0.323 e. The molecule has 0 saturated heterocycles. The molecule has 0 bridgehead atoms. The summed E-state index contributed by atoms with van der Waals surface area (Å²) >= 11 is 0. The summed E-state index contributed by atoms with van der Waals surface area (Å²) in [5.74, 6) is -2.00. The van der Waals surface area contributed by atoms with Crippen LogP contribution in [-0.2, 0) is 0 Å². The van der Waals surface area contributed by atoms with Crippen LogP contribution in [0.3, 0.4) is 0 Å². The number of carbonyl (C=O) groups is 1. The smallest absolute Gasteiger partial charge is 0.323 e. The van der Waals surface area contributed by atoms with E-state index in [1.807, 2.05) is 6.92 Å². The molecule has 0 aliphatic heterocycles. The number of hydrogen-bond acceptors (Lipinski definition) is 2. The maximum atomic E-state index is 13.0. The minimum absolute atomic E-state index is 0.154. The van der Waals surface area contributed by atoms with Gasteiger partial charge in [0, 0.05) is 23.1 Å². The summed E-state index contributed by atoms with van der Waals surface area (Å²) in [4.78, 5) is 11.7. The van der Waals surface area contributed by atoms with Gasteiger partial charge in [0.25, 0.3) is 0 Å². The van der Waals surface area contributed by atoms with E-state index in [9.17, 15) is 13.6 Å². The van der Waals surface area contributed by atoms with Crippen molar-refractivity contribution in [3.05, 3.63) is 53.6 Å². The van der Waals surface area contributed by atoms with Gasteiger partial charge in [-0.1, -0.05) is 6.07 Å². The Morgan fingerprint density at radius 1 is 1.00 bits per heavy atom. The molecular formula is C14H13F2N3O. The van der Waals surface area contributed by atoms with Crippen LogP contribution in [-0.4, -0.2) is 6.03 Å². The minimum atomic E-state index is -1.03. The van der Waals surface area contributed by atoms with Crippen molar-refractivity contribution in [1.29, 1.82) is 0 Å². The fraction of sp³-hybridized carbons (Fsp3) is 0.0714. The van der Waals surface area contributed by atoms with Gasteiger partial charge in [0.1, 0.15) is 0 Å². The number of carbonyl (C=O) groups excluding carboxylic acids is 1. The quantitative estimate of drug-likeness (QED) is 0.735. The van der Waals surface area contributed by atoms with Crippen LogP contribution in [0, 0.1) is 18.6 Å². The number of anilines is 3. The summed E-state index contributed by atoms with van der Waals surface area (Å²) in [6.45, 7) is 1.85. The van der Waals surface area contributed by atoms with Crippen LogP contribution in [0.1, 0.15) is 5.56 Å². The van der Waals surface area contributed by atoms with Crippen molar-refractivity contribution in [1.82, 2.24) is 0 Å². The lowest BCUT2D eigenvalue weighted by Crippen LogP contribution is -2.19. The number of hydrogen-bond donors (Lipinski definition) is 3. The Morgan fingerprint density at radius 3 is 2.20 bits per heavy atom. The molecule has 0 atom stereocenters. The number of benzene rings is 2. The SMILES string of the molecule is Cc1ccc(NC(=O)Nc2ccc(F)c(F)c2)cc1N. The topological polar surface area (TPSA) is 67.2 Å². The number of rotatable bonds is 2. The van der Waals surface area contributed by atoms with Crippen LogP contribution in [0.2, 0.25) is 0 Å². The van der Waals surface area contributed by atoms with E-state index >= 15 is 0 Å². The molecule has 2 amide bonds. The Hall–Kier alpha value is -2.63. The van der Waals surface area contributed by atoms with Gasteiger partial charge in [-0.15, -0.1) is 0 Å². The first-order valence-corrected chi connectivity index (χ1v) is 5.85. The zero-order valence-corrected chi connectivity index (χ0v) is 10.7. The second-order valence-corrected chi connectivity index (χ2v) is 4.28. The molecule has 4 nitrogen and oxygen atoms in total. The third-order valence-corrected chi connectivity index (χ3v) is 2.71. The van der Waals surface area contributed by atoms with E-state index in [2.05, 4.69) is 10.6 Å². The van der Waals surface area contributed by atoms with Gasteiger partial charge in [0.05, 0.1) is 0 Å². The zero-order chi connectivity index (χ0) is 14.7. The number of nitrogen functional groups attached to an aromatic ring is 1. The lowest BCUT2D eigenvalue weighted by molar-refractivity contribution is 0.262. The van der Waals surface area contributed by atoms with E-state index in [-0.39, 0.29) is 5.69 Å². The molecule has 2 aromatic rings. The van der Waals surface area contributed by atoms with E-state index in [1.54, 1.807) is 18.2 Å². The molecule has 4 N–H and O–H groups in total. The van der Waals surface area contributed by atoms with Gasteiger partial charge >= 0.3 is 6.03 Å². The number of amides is 2. The van der Waals surface area contributed by atoms with Gasteiger partial charge in [-0.05, 0) is 36.8 Å². The first-order chi connectivity index (χ1) is 9.45. The fourth-order valence-corrected chi connectivity index (χ4v) is 1.59. The number of halogens is 2. The second-order valence-electron chi connectivity index (χ2n) is 4.28. The standard InChI is InChI=1S/C14H13F2N3O/c1-8-2-3-10(7-13(8)17)19-14(20)18-9-4-5-11(15)12(16)6-9/h2-7H,17H2,1H3,(H2,18,19,20). The third-order valence-electron chi connectivity index (χ3n) is 2.71. The molecule has 0 spiro atoms. The van der Waals surface area contributed by atoms with Gasteiger partial charge in [-0.25, -0.2) is 13.6 Å². The van der Waals surface area contributed by atoms with Gasteiger partial charge in [0.2, 0.25) is 0 Å². The van der Waals surface area contributed by atoms with E-state index in [1.165, 1.54) is 6.07 Å². The molecule has 0 aliphatic rings. The molecule has 0 heterocycles. The highest BCUT2D eigenvalue weighted by Gasteiger charge is 2.07. The van der Waals surface area contributed by atoms with Crippen LogP contribution in [0.25, 0.3) is 0 Å². The van der Waals surface area contributed by atoms with E-state index in [0.717, 1.165) is 17.7 Å². The van der Waals surface area contributed by atoms with Gasteiger partial charge in [-0.3, -0.25) is 0 Å². The number of urea groups is 1. The summed E-state index contributed by atoms with van der Waals surface area (Å²) in [6, 6.07) is 7.60. The maximum absolute atomic E-state index is 13.0. The number of aryl methyl sites for hydroxylation is 1. The minimum Gasteiger partial charge on any atom is -0.398 e. The molecule has 20 heavy (non-hydrogen) atoms. The van der Waals surface area contributed by atoms with E-state index in [4.69, 9.17) is 5.73 Å². The molecule has 0 radical (unpaired) electrons. The Morgan fingerprint density at radius 2 is 1.60 bits per heavy atom. The predicted molar refractivity (Wildman–Crippen MR) is 74.6 cm³/mol. The van der Waals surface area contributed by atoms with Crippen molar-refractivity contribution in [2.24, 2.45) is 0 Å². The largest absolute Gasteiger partial charge is 0.398 e. The van der Waals surface area contributed by atoms with Gasteiger partial charge in [0.15, 0.2) is 11.6 Å². The number of nitrogens with two attached hydrogens (primary N) is 1. The van der Waals surface area contributed by atoms with Gasteiger partial charge < -0.3 is 16.4 Å². The monoisotopic (exact) mass is 277 g/mol. The van der Waals surface area contributed by atoms with Crippen LogP contribution in [0.4, 0.5) is 30.6 Å². The van der Waals surface area contributed by atoms with Crippen LogP contribution in [0.15, 0.2) is 36.4 Å². The average Bonchev–Trinajstić information content (AvgIpc) is 2.38. The normalized spacial score (nSPS) is 10.2. The zero-order valence-electron chi connectivity index (χ0n) is 10.7. The first-order valence-electron chi connectivity index (χ1n) is 5.85. The molecule has 2 rings (SSSR count).